The fraction of sp³-hybridized carbons (Fsp3) is 0.200. The second-order valence-corrected chi connectivity index (χ2v) is 5.72. The van der Waals surface area contributed by atoms with Gasteiger partial charge in [0.2, 0.25) is 0 Å². The van der Waals surface area contributed by atoms with E-state index in [1.54, 1.807) is 6.07 Å². The van der Waals surface area contributed by atoms with Crippen LogP contribution in [0.1, 0.15) is 24.1 Å². The summed E-state index contributed by atoms with van der Waals surface area (Å²) < 4.78 is 13.9. The second kappa shape index (κ2) is 6.42. The summed E-state index contributed by atoms with van der Waals surface area (Å²) in [7, 11) is 0. The van der Waals surface area contributed by atoms with Crippen molar-refractivity contribution in [3.63, 3.8) is 0 Å². The summed E-state index contributed by atoms with van der Waals surface area (Å²) in [5.41, 5.74) is 7.70. The Hall–Kier alpha value is -1.03. The molecule has 0 aliphatic rings. The molecule has 0 aromatic heterocycles. The van der Waals surface area contributed by atoms with Crippen molar-refractivity contribution in [1.82, 2.24) is 0 Å². The Bertz CT molecular complexity index is 572. The predicted molar refractivity (Wildman–Crippen MR) is 80.0 cm³/mol. The van der Waals surface area contributed by atoms with Crippen LogP contribution in [0.4, 0.5) is 4.39 Å². The maximum absolute atomic E-state index is 13.9. The van der Waals surface area contributed by atoms with Crippen molar-refractivity contribution < 1.29 is 4.39 Å². The van der Waals surface area contributed by atoms with Gasteiger partial charge >= 0.3 is 0 Å². The molecule has 0 aliphatic heterocycles. The van der Waals surface area contributed by atoms with E-state index in [1.165, 1.54) is 17.8 Å². The first kappa shape index (κ1) is 14.4. The molecule has 0 saturated heterocycles. The first-order valence-corrected chi connectivity index (χ1v) is 7.36. The highest BCUT2D eigenvalue weighted by molar-refractivity contribution is 7.98. The van der Waals surface area contributed by atoms with E-state index in [0.29, 0.717) is 15.7 Å². The highest BCUT2D eigenvalue weighted by atomic mass is 35.5. The van der Waals surface area contributed by atoms with E-state index in [0.717, 1.165) is 11.1 Å². The van der Waals surface area contributed by atoms with Crippen LogP contribution in [0.15, 0.2) is 47.4 Å². The van der Waals surface area contributed by atoms with Crippen molar-refractivity contribution in [3.05, 3.63) is 64.4 Å². The summed E-state index contributed by atoms with van der Waals surface area (Å²) in [4.78, 5) is 0.609. The SMILES string of the molecule is C[C@@H](N)c1cccc(F)c1SCc1ccccc1Cl. The minimum Gasteiger partial charge on any atom is -0.324 e. The van der Waals surface area contributed by atoms with E-state index < -0.39 is 0 Å². The molecular weight excluding hydrogens is 281 g/mol. The van der Waals surface area contributed by atoms with Gasteiger partial charge in [0.1, 0.15) is 5.82 Å². The number of hydrogen-bond donors (Lipinski definition) is 1. The Labute approximate surface area is 122 Å². The fourth-order valence-electron chi connectivity index (χ4n) is 1.80. The van der Waals surface area contributed by atoms with Gasteiger partial charge < -0.3 is 5.73 Å². The molecule has 100 valence electrons. The molecule has 0 saturated carbocycles. The smallest absolute Gasteiger partial charge is 0.137 e. The zero-order valence-electron chi connectivity index (χ0n) is 10.6. The summed E-state index contributed by atoms with van der Waals surface area (Å²) in [5.74, 6) is 0.396. The van der Waals surface area contributed by atoms with Crippen LogP contribution in [-0.4, -0.2) is 0 Å². The second-order valence-electron chi connectivity index (χ2n) is 4.33. The molecule has 1 atom stereocenters. The standard InChI is InChI=1S/C15H15ClFNS/c1-10(18)12-6-4-8-14(17)15(12)19-9-11-5-2-3-7-13(11)16/h2-8,10H,9,18H2,1H3/t10-/m1/s1. The van der Waals surface area contributed by atoms with Crippen molar-refractivity contribution in [2.75, 3.05) is 0 Å². The van der Waals surface area contributed by atoms with Crippen LogP contribution in [0.3, 0.4) is 0 Å². The van der Waals surface area contributed by atoms with Gasteiger partial charge in [-0.1, -0.05) is 41.9 Å². The quantitative estimate of drug-likeness (QED) is 0.821. The number of rotatable bonds is 4. The number of halogens is 2. The summed E-state index contributed by atoms with van der Waals surface area (Å²) in [6.07, 6.45) is 0. The molecule has 0 unspecified atom stereocenters. The minimum absolute atomic E-state index is 0.190. The summed E-state index contributed by atoms with van der Waals surface area (Å²) in [5, 5.41) is 0.702. The van der Waals surface area contributed by atoms with Gasteiger partial charge in [0.25, 0.3) is 0 Å². The van der Waals surface area contributed by atoms with Crippen molar-refractivity contribution >= 4 is 23.4 Å². The van der Waals surface area contributed by atoms with Gasteiger partial charge in [-0.3, -0.25) is 0 Å². The zero-order chi connectivity index (χ0) is 13.8. The lowest BCUT2D eigenvalue weighted by atomic mass is 10.1. The third-order valence-electron chi connectivity index (χ3n) is 2.82. The third kappa shape index (κ3) is 3.50. The number of benzene rings is 2. The van der Waals surface area contributed by atoms with E-state index in [4.69, 9.17) is 17.3 Å². The van der Waals surface area contributed by atoms with Gasteiger partial charge in [-0.2, -0.15) is 0 Å². The average Bonchev–Trinajstić information content (AvgIpc) is 2.38. The van der Waals surface area contributed by atoms with Gasteiger partial charge in [-0.05, 0) is 30.2 Å². The Morgan fingerprint density at radius 2 is 1.95 bits per heavy atom. The van der Waals surface area contributed by atoms with Crippen molar-refractivity contribution in [2.24, 2.45) is 5.73 Å². The van der Waals surface area contributed by atoms with E-state index in [-0.39, 0.29) is 11.9 Å². The molecule has 2 aromatic rings. The van der Waals surface area contributed by atoms with Crippen LogP contribution in [0.2, 0.25) is 5.02 Å². The van der Waals surface area contributed by atoms with E-state index in [1.807, 2.05) is 37.3 Å². The Morgan fingerprint density at radius 1 is 1.21 bits per heavy atom. The van der Waals surface area contributed by atoms with Gasteiger partial charge in [-0.25, -0.2) is 4.39 Å². The zero-order valence-corrected chi connectivity index (χ0v) is 12.1. The van der Waals surface area contributed by atoms with Crippen molar-refractivity contribution in [3.8, 4) is 0 Å². The molecule has 0 spiro atoms. The van der Waals surface area contributed by atoms with Crippen LogP contribution in [-0.2, 0) is 5.75 Å². The largest absolute Gasteiger partial charge is 0.324 e. The Kier molecular flexibility index (Phi) is 4.86. The van der Waals surface area contributed by atoms with E-state index in [2.05, 4.69) is 0 Å². The van der Waals surface area contributed by atoms with E-state index >= 15 is 0 Å². The first-order valence-electron chi connectivity index (χ1n) is 6.00. The lowest BCUT2D eigenvalue weighted by Gasteiger charge is -2.13. The van der Waals surface area contributed by atoms with E-state index in [9.17, 15) is 4.39 Å². The Morgan fingerprint density at radius 3 is 2.63 bits per heavy atom. The molecule has 0 radical (unpaired) electrons. The van der Waals surface area contributed by atoms with Crippen LogP contribution >= 0.6 is 23.4 Å². The molecule has 0 aliphatic carbocycles. The molecule has 0 bridgehead atoms. The monoisotopic (exact) mass is 295 g/mol. The number of thioether (sulfide) groups is 1. The topological polar surface area (TPSA) is 26.0 Å². The maximum atomic E-state index is 13.9. The van der Waals surface area contributed by atoms with Gasteiger partial charge in [0.05, 0.1) is 0 Å². The molecule has 2 N–H and O–H groups in total. The Balaban J connectivity index is 2.22. The molecular formula is C15H15ClFNS. The first-order chi connectivity index (χ1) is 9.09. The molecule has 19 heavy (non-hydrogen) atoms. The predicted octanol–water partition coefficient (Wildman–Crippen LogP) is 4.79. The molecule has 2 aromatic carbocycles. The summed E-state index contributed by atoms with van der Waals surface area (Å²) >= 11 is 7.53. The maximum Gasteiger partial charge on any atom is 0.137 e. The lowest BCUT2D eigenvalue weighted by molar-refractivity contribution is 0.591. The molecule has 0 heterocycles. The summed E-state index contributed by atoms with van der Waals surface area (Å²) in [6.45, 7) is 1.86. The molecule has 0 fully saturated rings. The summed E-state index contributed by atoms with van der Waals surface area (Å²) in [6, 6.07) is 12.4. The highest BCUT2D eigenvalue weighted by Gasteiger charge is 2.12. The van der Waals surface area contributed by atoms with Crippen molar-refractivity contribution in [1.29, 1.82) is 0 Å². The lowest BCUT2D eigenvalue weighted by Crippen LogP contribution is -2.07. The molecule has 4 heteroatoms. The van der Waals surface area contributed by atoms with Crippen LogP contribution in [0.5, 0.6) is 0 Å². The van der Waals surface area contributed by atoms with Gasteiger partial charge in [0.15, 0.2) is 0 Å². The average molecular weight is 296 g/mol. The van der Waals surface area contributed by atoms with Gasteiger partial charge in [0, 0.05) is 21.7 Å². The van der Waals surface area contributed by atoms with Crippen LogP contribution in [0.25, 0.3) is 0 Å². The molecule has 0 amide bonds. The minimum atomic E-state index is -0.230. The normalized spacial score (nSPS) is 12.4. The third-order valence-corrected chi connectivity index (χ3v) is 4.36. The number of hydrogen-bond acceptors (Lipinski definition) is 2. The highest BCUT2D eigenvalue weighted by Crippen LogP contribution is 2.33. The fourth-order valence-corrected chi connectivity index (χ4v) is 3.26. The number of nitrogens with two attached hydrogens (primary N) is 1. The van der Waals surface area contributed by atoms with Gasteiger partial charge in [-0.15, -0.1) is 11.8 Å². The van der Waals surface area contributed by atoms with Crippen LogP contribution in [0, 0.1) is 5.82 Å². The molecule has 2 rings (SSSR count). The molecule has 1 nitrogen and oxygen atoms in total. The van der Waals surface area contributed by atoms with Crippen LogP contribution < -0.4 is 5.73 Å². The van der Waals surface area contributed by atoms with Crippen molar-refractivity contribution in [2.45, 2.75) is 23.6 Å².